The molecule has 0 saturated carbocycles. The average molecular weight is 534 g/mol. The number of nitrogens with one attached hydrogen (secondary N) is 1. The summed E-state index contributed by atoms with van der Waals surface area (Å²) in [7, 11) is 0. The minimum absolute atomic E-state index is 0.0513. The molecule has 1 N–H and O–H groups in total. The van der Waals surface area contributed by atoms with Gasteiger partial charge in [0.1, 0.15) is 11.6 Å². The van der Waals surface area contributed by atoms with Crippen LogP contribution in [0, 0.1) is 0 Å². The van der Waals surface area contributed by atoms with Gasteiger partial charge in [-0.05, 0) is 72.9 Å². The lowest BCUT2D eigenvalue weighted by Gasteiger charge is -2.12. The quantitative estimate of drug-likeness (QED) is 0.217. The van der Waals surface area contributed by atoms with Crippen molar-refractivity contribution >= 4 is 32.9 Å². The number of amides is 1. The van der Waals surface area contributed by atoms with Crippen LogP contribution in [0.5, 0.6) is 5.75 Å². The molecule has 182 valence electrons. The second-order valence-electron chi connectivity index (χ2n) is 8.96. The number of para-hydroxylation sites is 2. The van der Waals surface area contributed by atoms with Crippen molar-refractivity contribution in [1.29, 1.82) is 0 Å². The number of ether oxygens (including phenoxy) is 1. The van der Waals surface area contributed by atoms with Crippen molar-refractivity contribution in [3.8, 4) is 5.75 Å². The minimum Gasteiger partial charge on any atom is -0.494 e. The molecule has 0 aliphatic heterocycles. The van der Waals surface area contributed by atoms with Crippen molar-refractivity contribution in [3.05, 3.63) is 94.2 Å². The maximum atomic E-state index is 12.4. The Morgan fingerprint density at radius 1 is 1.00 bits per heavy atom. The largest absolute Gasteiger partial charge is 0.494 e. The fraction of sp³-hybridized carbons (Fsp3) is 0.310. The number of halogens is 1. The third kappa shape index (κ3) is 6.73. The van der Waals surface area contributed by atoms with Crippen molar-refractivity contribution < 1.29 is 9.53 Å². The van der Waals surface area contributed by atoms with Gasteiger partial charge in [0.05, 0.1) is 17.6 Å². The predicted molar refractivity (Wildman–Crippen MR) is 145 cm³/mol. The molecule has 3 aromatic carbocycles. The maximum Gasteiger partial charge on any atom is 0.251 e. The van der Waals surface area contributed by atoms with Crippen molar-refractivity contribution in [1.82, 2.24) is 14.9 Å². The van der Waals surface area contributed by atoms with E-state index >= 15 is 0 Å². The topological polar surface area (TPSA) is 56.1 Å². The van der Waals surface area contributed by atoms with E-state index in [-0.39, 0.29) is 5.91 Å². The van der Waals surface area contributed by atoms with E-state index in [1.54, 1.807) is 0 Å². The SMILES string of the molecule is CC(C)c1ccc(OCCCn2c(CCCNC(=O)c3ccc(Br)cc3)nc3ccccc32)cc1. The Hall–Kier alpha value is -3.12. The lowest BCUT2D eigenvalue weighted by atomic mass is 10.0. The number of hydrogen-bond acceptors (Lipinski definition) is 3. The van der Waals surface area contributed by atoms with E-state index in [1.807, 2.05) is 30.3 Å². The summed E-state index contributed by atoms with van der Waals surface area (Å²) in [4.78, 5) is 17.2. The lowest BCUT2D eigenvalue weighted by Crippen LogP contribution is -2.25. The second kappa shape index (κ2) is 12.0. The number of aryl methyl sites for hydroxylation is 2. The zero-order valence-electron chi connectivity index (χ0n) is 20.3. The standard InChI is InChI=1S/C29H32BrN3O2/c1-21(2)22-12-16-25(17-13-22)35-20-6-19-33-27-8-4-3-7-26(27)32-28(33)9-5-18-31-29(34)23-10-14-24(30)15-11-23/h3-4,7-8,10-17,21H,5-6,9,18-20H2,1-2H3,(H,31,34). The highest BCUT2D eigenvalue weighted by Gasteiger charge is 2.11. The normalized spacial score (nSPS) is 11.2. The summed E-state index contributed by atoms with van der Waals surface area (Å²) in [6.45, 7) is 6.48. The van der Waals surface area contributed by atoms with Crippen LogP contribution >= 0.6 is 15.9 Å². The number of carbonyl (C=O) groups is 1. The van der Waals surface area contributed by atoms with E-state index in [0.717, 1.165) is 52.9 Å². The molecule has 1 aromatic heterocycles. The highest BCUT2D eigenvalue weighted by atomic mass is 79.9. The Morgan fingerprint density at radius 3 is 2.49 bits per heavy atom. The van der Waals surface area contributed by atoms with Gasteiger partial charge in [-0.2, -0.15) is 0 Å². The first-order chi connectivity index (χ1) is 17.0. The molecule has 0 unspecified atom stereocenters. The van der Waals surface area contributed by atoms with E-state index in [9.17, 15) is 4.79 Å². The van der Waals surface area contributed by atoms with Gasteiger partial charge in [0.15, 0.2) is 0 Å². The fourth-order valence-electron chi connectivity index (χ4n) is 4.08. The summed E-state index contributed by atoms with van der Waals surface area (Å²) in [5.74, 6) is 2.42. The van der Waals surface area contributed by atoms with E-state index in [4.69, 9.17) is 9.72 Å². The van der Waals surface area contributed by atoms with Crippen LogP contribution in [0.2, 0.25) is 0 Å². The number of nitrogens with zero attached hydrogens (tertiary/aromatic N) is 2. The smallest absolute Gasteiger partial charge is 0.251 e. The molecule has 4 rings (SSSR count). The zero-order valence-corrected chi connectivity index (χ0v) is 21.9. The van der Waals surface area contributed by atoms with Gasteiger partial charge in [-0.1, -0.05) is 54.0 Å². The number of benzene rings is 3. The second-order valence-corrected chi connectivity index (χ2v) is 9.88. The highest BCUT2D eigenvalue weighted by Crippen LogP contribution is 2.20. The van der Waals surface area contributed by atoms with E-state index in [0.29, 0.717) is 24.6 Å². The average Bonchev–Trinajstić information content (AvgIpc) is 3.22. The van der Waals surface area contributed by atoms with Crippen LogP contribution in [0.15, 0.2) is 77.3 Å². The first-order valence-electron chi connectivity index (χ1n) is 12.2. The summed E-state index contributed by atoms with van der Waals surface area (Å²) in [5, 5.41) is 3.01. The van der Waals surface area contributed by atoms with Gasteiger partial charge in [-0.3, -0.25) is 4.79 Å². The molecular weight excluding hydrogens is 502 g/mol. The van der Waals surface area contributed by atoms with Crippen LogP contribution in [-0.4, -0.2) is 28.6 Å². The summed E-state index contributed by atoms with van der Waals surface area (Å²) < 4.78 is 9.23. The summed E-state index contributed by atoms with van der Waals surface area (Å²) in [6, 6.07) is 24.0. The molecule has 6 heteroatoms. The predicted octanol–water partition coefficient (Wildman–Crippen LogP) is 6.75. The molecule has 0 atom stereocenters. The maximum absolute atomic E-state index is 12.4. The molecule has 35 heavy (non-hydrogen) atoms. The number of aromatic nitrogens is 2. The Bertz CT molecular complexity index is 1250. The van der Waals surface area contributed by atoms with Crippen LogP contribution in [0.1, 0.15) is 54.4 Å². The molecule has 0 saturated heterocycles. The van der Waals surface area contributed by atoms with Crippen LogP contribution in [-0.2, 0) is 13.0 Å². The Kier molecular flexibility index (Phi) is 8.59. The van der Waals surface area contributed by atoms with Gasteiger partial charge in [0.2, 0.25) is 0 Å². The molecule has 0 aliphatic carbocycles. The highest BCUT2D eigenvalue weighted by molar-refractivity contribution is 9.10. The Morgan fingerprint density at radius 2 is 1.74 bits per heavy atom. The minimum atomic E-state index is -0.0513. The molecule has 1 heterocycles. The fourth-order valence-corrected chi connectivity index (χ4v) is 4.34. The van der Waals surface area contributed by atoms with E-state index < -0.39 is 0 Å². The van der Waals surface area contributed by atoms with Gasteiger partial charge in [-0.15, -0.1) is 0 Å². The van der Waals surface area contributed by atoms with Gasteiger partial charge >= 0.3 is 0 Å². The zero-order chi connectivity index (χ0) is 24.6. The summed E-state index contributed by atoms with van der Waals surface area (Å²) in [6.07, 6.45) is 2.51. The van der Waals surface area contributed by atoms with Crippen LogP contribution in [0.3, 0.4) is 0 Å². The molecule has 5 nitrogen and oxygen atoms in total. The van der Waals surface area contributed by atoms with Crippen molar-refractivity contribution in [2.24, 2.45) is 0 Å². The number of carbonyl (C=O) groups excluding carboxylic acids is 1. The molecule has 0 spiro atoms. The first kappa shape index (κ1) is 25.0. The van der Waals surface area contributed by atoms with Crippen molar-refractivity contribution in [2.45, 2.75) is 45.6 Å². The van der Waals surface area contributed by atoms with Crippen LogP contribution in [0.25, 0.3) is 11.0 Å². The molecule has 0 radical (unpaired) electrons. The lowest BCUT2D eigenvalue weighted by molar-refractivity contribution is 0.0953. The number of imidazole rings is 1. The molecule has 1 amide bonds. The van der Waals surface area contributed by atoms with E-state index in [2.05, 4.69) is 82.1 Å². The number of fused-ring (bicyclic) bond motifs is 1. The van der Waals surface area contributed by atoms with Gasteiger partial charge < -0.3 is 14.6 Å². The van der Waals surface area contributed by atoms with Crippen LogP contribution < -0.4 is 10.1 Å². The molecule has 4 aromatic rings. The monoisotopic (exact) mass is 533 g/mol. The third-order valence-electron chi connectivity index (χ3n) is 6.04. The van der Waals surface area contributed by atoms with Crippen LogP contribution in [0.4, 0.5) is 0 Å². The Labute approximate surface area is 215 Å². The molecule has 0 aliphatic rings. The van der Waals surface area contributed by atoms with Gasteiger partial charge in [-0.25, -0.2) is 4.98 Å². The molecule has 0 fully saturated rings. The summed E-state index contributed by atoms with van der Waals surface area (Å²) >= 11 is 3.40. The first-order valence-corrected chi connectivity index (χ1v) is 13.0. The van der Waals surface area contributed by atoms with Crippen molar-refractivity contribution in [2.75, 3.05) is 13.2 Å². The van der Waals surface area contributed by atoms with Gasteiger partial charge in [0.25, 0.3) is 5.91 Å². The summed E-state index contributed by atoms with van der Waals surface area (Å²) in [5.41, 5.74) is 4.13. The number of hydrogen-bond donors (Lipinski definition) is 1. The van der Waals surface area contributed by atoms with E-state index in [1.165, 1.54) is 5.56 Å². The van der Waals surface area contributed by atoms with Crippen molar-refractivity contribution in [3.63, 3.8) is 0 Å². The van der Waals surface area contributed by atoms with Gasteiger partial charge in [0, 0.05) is 29.5 Å². The Balaban J connectivity index is 1.31. The third-order valence-corrected chi connectivity index (χ3v) is 6.57. The molecule has 0 bridgehead atoms. The number of rotatable bonds is 11. The molecular formula is C29H32BrN3O2.